The molecule has 126 valence electrons. The summed E-state index contributed by atoms with van der Waals surface area (Å²) in [5.41, 5.74) is 5.24. The quantitative estimate of drug-likeness (QED) is 0.451. The van der Waals surface area contributed by atoms with Gasteiger partial charge in [0.2, 0.25) is 0 Å². The van der Waals surface area contributed by atoms with Crippen LogP contribution in [0, 0.1) is 0 Å². The van der Waals surface area contributed by atoms with Crippen molar-refractivity contribution in [3.8, 4) is 11.1 Å². The molecule has 0 atom stereocenters. The SMILES string of the molecule is CC(C)(Br)C(=O)OCCCNC1c2ccccc2-c2ccccc21. The van der Waals surface area contributed by atoms with Gasteiger partial charge in [-0.2, -0.15) is 0 Å². The average molecular weight is 388 g/mol. The van der Waals surface area contributed by atoms with Crippen molar-refractivity contribution in [2.75, 3.05) is 13.2 Å². The summed E-state index contributed by atoms with van der Waals surface area (Å²) in [6, 6.07) is 17.3. The first-order valence-electron chi connectivity index (χ1n) is 8.26. The number of ether oxygens (including phenoxy) is 1. The van der Waals surface area contributed by atoms with Crippen molar-refractivity contribution in [2.45, 2.75) is 30.6 Å². The van der Waals surface area contributed by atoms with Crippen LogP contribution >= 0.6 is 15.9 Å². The molecule has 0 spiro atoms. The lowest BCUT2D eigenvalue weighted by molar-refractivity contribution is -0.145. The Bertz CT molecular complexity index is 691. The van der Waals surface area contributed by atoms with Crippen molar-refractivity contribution in [1.29, 1.82) is 0 Å². The van der Waals surface area contributed by atoms with Crippen molar-refractivity contribution in [2.24, 2.45) is 0 Å². The van der Waals surface area contributed by atoms with Gasteiger partial charge in [-0.05, 0) is 49.1 Å². The fraction of sp³-hybridized carbons (Fsp3) is 0.350. The highest BCUT2D eigenvalue weighted by Crippen LogP contribution is 2.42. The first-order valence-corrected chi connectivity index (χ1v) is 9.05. The van der Waals surface area contributed by atoms with Crippen molar-refractivity contribution >= 4 is 21.9 Å². The van der Waals surface area contributed by atoms with E-state index in [1.54, 1.807) is 13.8 Å². The Hall–Kier alpha value is -1.65. The molecule has 0 aromatic heterocycles. The summed E-state index contributed by atoms with van der Waals surface area (Å²) in [5, 5.41) is 3.60. The van der Waals surface area contributed by atoms with E-state index in [2.05, 4.69) is 69.8 Å². The number of carbonyl (C=O) groups excluding carboxylic acids is 1. The molecule has 0 fully saturated rings. The molecule has 0 aliphatic heterocycles. The largest absolute Gasteiger partial charge is 0.465 e. The zero-order chi connectivity index (χ0) is 17.2. The topological polar surface area (TPSA) is 38.3 Å². The number of halogens is 1. The first kappa shape index (κ1) is 17.2. The predicted octanol–water partition coefficient (Wildman–Crippen LogP) is 4.45. The first-order chi connectivity index (χ1) is 11.5. The standard InChI is InChI=1S/C20H22BrNO2/c1-20(2,21)19(23)24-13-7-12-22-18-16-10-5-3-8-14(16)15-9-4-6-11-17(15)18/h3-6,8-11,18,22H,7,12-13H2,1-2H3. The van der Waals surface area contributed by atoms with Crippen LogP contribution in [-0.2, 0) is 9.53 Å². The molecule has 3 nitrogen and oxygen atoms in total. The van der Waals surface area contributed by atoms with Crippen LogP contribution in [-0.4, -0.2) is 23.4 Å². The molecule has 0 saturated heterocycles. The fourth-order valence-corrected chi connectivity index (χ4v) is 3.14. The predicted molar refractivity (Wildman–Crippen MR) is 100 cm³/mol. The van der Waals surface area contributed by atoms with Crippen LogP contribution in [0.1, 0.15) is 37.4 Å². The third-order valence-electron chi connectivity index (χ3n) is 4.22. The van der Waals surface area contributed by atoms with Gasteiger partial charge in [0.1, 0.15) is 4.32 Å². The van der Waals surface area contributed by atoms with Gasteiger partial charge in [-0.25, -0.2) is 0 Å². The molecule has 3 rings (SSSR count). The molecule has 0 amide bonds. The Morgan fingerprint density at radius 2 is 1.62 bits per heavy atom. The van der Waals surface area contributed by atoms with Gasteiger partial charge < -0.3 is 10.1 Å². The molecule has 4 heteroatoms. The Kier molecular flexibility index (Phi) is 5.07. The zero-order valence-electron chi connectivity index (χ0n) is 14.0. The summed E-state index contributed by atoms with van der Waals surface area (Å²) in [5.74, 6) is -0.223. The van der Waals surface area contributed by atoms with Gasteiger partial charge in [0, 0.05) is 0 Å². The summed E-state index contributed by atoms with van der Waals surface area (Å²) < 4.78 is 4.66. The number of hydrogen-bond acceptors (Lipinski definition) is 3. The molecule has 0 unspecified atom stereocenters. The van der Waals surface area contributed by atoms with Gasteiger partial charge in [-0.1, -0.05) is 64.5 Å². The number of hydrogen-bond donors (Lipinski definition) is 1. The van der Waals surface area contributed by atoms with Crippen LogP contribution in [0.25, 0.3) is 11.1 Å². The van der Waals surface area contributed by atoms with E-state index in [0.717, 1.165) is 13.0 Å². The molecular formula is C20H22BrNO2. The lowest BCUT2D eigenvalue weighted by Crippen LogP contribution is -2.28. The molecular weight excluding hydrogens is 366 g/mol. The Balaban J connectivity index is 1.59. The molecule has 24 heavy (non-hydrogen) atoms. The summed E-state index contributed by atoms with van der Waals surface area (Å²) in [7, 11) is 0. The van der Waals surface area contributed by atoms with Gasteiger partial charge in [-0.3, -0.25) is 4.79 Å². The molecule has 0 heterocycles. The number of fused-ring (bicyclic) bond motifs is 3. The smallest absolute Gasteiger partial charge is 0.322 e. The maximum Gasteiger partial charge on any atom is 0.322 e. The van der Waals surface area contributed by atoms with Crippen molar-refractivity contribution in [1.82, 2.24) is 5.32 Å². The Morgan fingerprint density at radius 3 is 2.17 bits per heavy atom. The summed E-state index contributed by atoms with van der Waals surface area (Å²) in [6.45, 7) is 4.81. The molecule has 1 N–H and O–H groups in total. The third kappa shape index (κ3) is 3.55. The minimum Gasteiger partial charge on any atom is -0.465 e. The summed E-state index contributed by atoms with van der Waals surface area (Å²) in [4.78, 5) is 11.7. The van der Waals surface area contributed by atoms with E-state index in [4.69, 9.17) is 4.74 Å². The van der Waals surface area contributed by atoms with E-state index < -0.39 is 4.32 Å². The van der Waals surface area contributed by atoms with Gasteiger partial charge in [-0.15, -0.1) is 0 Å². The molecule has 2 aromatic carbocycles. The third-order valence-corrected chi connectivity index (χ3v) is 4.55. The van der Waals surface area contributed by atoms with Crippen LogP contribution in [0.5, 0.6) is 0 Å². The second kappa shape index (κ2) is 7.08. The highest BCUT2D eigenvalue weighted by molar-refractivity contribution is 9.10. The highest BCUT2D eigenvalue weighted by atomic mass is 79.9. The number of carbonyl (C=O) groups is 1. The van der Waals surface area contributed by atoms with Gasteiger partial charge in [0.05, 0.1) is 12.6 Å². The number of alkyl halides is 1. The van der Waals surface area contributed by atoms with E-state index in [1.165, 1.54) is 22.3 Å². The number of benzene rings is 2. The second-order valence-corrected chi connectivity index (χ2v) is 8.51. The van der Waals surface area contributed by atoms with Gasteiger partial charge >= 0.3 is 5.97 Å². The molecule has 0 bridgehead atoms. The highest BCUT2D eigenvalue weighted by Gasteiger charge is 2.27. The van der Waals surface area contributed by atoms with Crippen LogP contribution < -0.4 is 5.32 Å². The number of nitrogens with one attached hydrogen (secondary N) is 1. The Morgan fingerprint density at radius 1 is 1.08 bits per heavy atom. The molecule has 2 aromatic rings. The van der Waals surface area contributed by atoms with Crippen molar-refractivity contribution in [3.05, 3.63) is 59.7 Å². The normalized spacial score (nSPS) is 13.5. The molecule has 1 aliphatic carbocycles. The average Bonchev–Trinajstić information content (AvgIpc) is 2.88. The summed E-state index contributed by atoms with van der Waals surface area (Å²) >= 11 is 3.31. The molecule has 0 radical (unpaired) electrons. The van der Waals surface area contributed by atoms with E-state index in [9.17, 15) is 4.79 Å². The van der Waals surface area contributed by atoms with Crippen LogP contribution in [0.2, 0.25) is 0 Å². The Labute approximate surface area is 151 Å². The lowest BCUT2D eigenvalue weighted by Gasteiger charge is -2.17. The zero-order valence-corrected chi connectivity index (χ0v) is 15.6. The van der Waals surface area contributed by atoms with Crippen molar-refractivity contribution in [3.63, 3.8) is 0 Å². The second-order valence-electron chi connectivity index (χ2n) is 6.52. The maximum atomic E-state index is 11.7. The number of rotatable bonds is 6. The van der Waals surface area contributed by atoms with Gasteiger partial charge in [0.25, 0.3) is 0 Å². The molecule has 0 saturated carbocycles. The van der Waals surface area contributed by atoms with E-state index >= 15 is 0 Å². The van der Waals surface area contributed by atoms with Crippen LogP contribution in [0.3, 0.4) is 0 Å². The minimum atomic E-state index is -0.621. The van der Waals surface area contributed by atoms with E-state index in [1.807, 2.05) is 0 Å². The number of esters is 1. The van der Waals surface area contributed by atoms with Crippen LogP contribution in [0.4, 0.5) is 0 Å². The van der Waals surface area contributed by atoms with E-state index in [-0.39, 0.29) is 12.0 Å². The summed E-state index contributed by atoms with van der Waals surface area (Å²) in [6.07, 6.45) is 0.787. The van der Waals surface area contributed by atoms with Crippen molar-refractivity contribution < 1.29 is 9.53 Å². The fourth-order valence-electron chi connectivity index (χ4n) is 3.03. The maximum absolute atomic E-state index is 11.7. The molecule has 1 aliphatic rings. The van der Waals surface area contributed by atoms with Gasteiger partial charge in [0.15, 0.2) is 0 Å². The minimum absolute atomic E-state index is 0.209. The van der Waals surface area contributed by atoms with Crippen LogP contribution in [0.15, 0.2) is 48.5 Å². The van der Waals surface area contributed by atoms with E-state index in [0.29, 0.717) is 6.61 Å². The lowest BCUT2D eigenvalue weighted by atomic mass is 10.1. The monoisotopic (exact) mass is 387 g/mol.